The molecule has 3 atom stereocenters. The molecule has 3 aromatic carbocycles. The SMILES string of the molecule is CN(C(=O)C1CCN(C(=O)N[C@@H](CC(=O)NCC(C)(C)C)C(=O)N[C@@H](CCc2ccccc2)C(=O)N[C@@H]2CCCc3ccccc32)CC1)c1ccc(F)cc1. The molecule has 0 saturated carbocycles. The van der Waals surface area contributed by atoms with Gasteiger partial charge in [0, 0.05) is 38.3 Å². The molecule has 0 radical (unpaired) electrons. The molecule has 1 heterocycles. The van der Waals surface area contributed by atoms with Crippen LogP contribution < -0.4 is 26.2 Å². The number of nitrogens with zero attached hydrogens (tertiary/aromatic N) is 2. The summed E-state index contributed by atoms with van der Waals surface area (Å²) in [5, 5.41) is 11.7. The van der Waals surface area contributed by atoms with Gasteiger partial charge in [-0.25, -0.2) is 9.18 Å². The summed E-state index contributed by atoms with van der Waals surface area (Å²) < 4.78 is 13.4. The van der Waals surface area contributed by atoms with Gasteiger partial charge >= 0.3 is 6.03 Å². The fourth-order valence-corrected chi connectivity index (χ4v) is 7.14. The van der Waals surface area contributed by atoms with E-state index < -0.39 is 29.9 Å². The Bertz CT molecular complexity index is 1790. The number of carbonyl (C=O) groups is 5. The summed E-state index contributed by atoms with van der Waals surface area (Å²) in [4.78, 5) is 71.3. The quantitative estimate of drug-likeness (QED) is 0.184. The average molecular weight is 755 g/mol. The minimum Gasteiger partial charge on any atom is -0.355 e. The number of aryl methyl sites for hydroxylation is 2. The lowest BCUT2D eigenvalue weighted by Gasteiger charge is -2.34. The summed E-state index contributed by atoms with van der Waals surface area (Å²) >= 11 is 0. The maximum Gasteiger partial charge on any atom is 0.318 e. The normalized spacial score (nSPS) is 16.9. The third-order valence-electron chi connectivity index (χ3n) is 10.4. The van der Waals surface area contributed by atoms with Crippen LogP contribution in [0.5, 0.6) is 0 Å². The highest BCUT2D eigenvalue weighted by molar-refractivity contribution is 5.96. The first kappa shape index (κ1) is 40.9. The minimum atomic E-state index is -1.26. The zero-order chi connectivity index (χ0) is 39.5. The molecule has 0 bridgehead atoms. The second-order valence-electron chi connectivity index (χ2n) is 15.9. The van der Waals surface area contributed by atoms with Crippen LogP contribution >= 0.6 is 0 Å². The van der Waals surface area contributed by atoms with E-state index in [2.05, 4.69) is 27.3 Å². The number of benzene rings is 3. The van der Waals surface area contributed by atoms with Gasteiger partial charge in [0.1, 0.15) is 17.9 Å². The lowest BCUT2D eigenvalue weighted by molar-refractivity contribution is -0.132. The Kier molecular flexibility index (Phi) is 14.0. The van der Waals surface area contributed by atoms with Crippen LogP contribution in [0.4, 0.5) is 14.9 Å². The fourth-order valence-electron chi connectivity index (χ4n) is 7.14. The molecule has 11 nitrogen and oxygen atoms in total. The van der Waals surface area contributed by atoms with E-state index in [1.807, 2.05) is 69.3 Å². The molecule has 0 spiro atoms. The standard InChI is InChI=1S/C43H55FN6O5/c1-43(2,3)28-45-38(51)27-37(48-42(55)50-25-23-31(24-26-50)41(54)49(4)33-20-18-32(44)19-21-33)40(53)47-36(22-17-29-11-6-5-7-12-29)39(52)46-35-16-10-14-30-13-8-9-15-34(30)35/h5-9,11-13,15,18-21,31,35-37H,10,14,16-17,22-28H2,1-4H3,(H,45,51)(H,46,52)(H,47,53)(H,48,55)/t35-,36+,37+/m1/s1. The molecule has 6 amide bonds. The van der Waals surface area contributed by atoms with Gasteiger partial charge in [-0.05, 0) is 91.3 Å². The van der Waals surface area contributed by atoms with Crippen molar-refractivity contribution < 1.29 is 28.4 Å². The van der Waals surface area contributed by atoms with Crippen molar-refractivity contribution >= 4 is 35.3 Å². The minimum absolute atomic E-state index is 0.129. The van der Waals surface area contributed by atoms with E-state index in [1.165, 1.54) is 27.5 Å². The Hall–Kier alpha value is -5.26. The summed E-state index contributed by atoms with van der Waals surface area (Å²) in [6.07, 6.45) is 3.94. The molecule has 1 saturated heterocycles. The fraction of sp³-hybridized carbons (Fsp3) is 0.465. The first-order valence-electron chi connectivity index (χ1n) is 19.3. The van der Waals surface area contributed by atoms with Crippen molar-refractivity contribution in [2.45, 2.75) is 90.3 Å². The number of rotatable bonds is 13. The third kappa shape index (κ3) is 11.9. The number of nitrogens with one attached hydrogen (secondary N) is 4. The molecule has 3 aromatic rings. The van der Waals surface area contributed by atoms with Gasteiger partial charge in [0.25, 0.3) is 0 Å². The second-order valence-corrected chi connectivity index (χ2v) is 15.9. The van der Waals surface area contributed by atoms with Gasteiger partial charge in [0.2, 0.25) is 23.6 Å². The molecular formula is C43H55FN6O5. The molecule has 0 unspecified atom stereocenters. The maximum absolute atomic E-state index is 14.1. The van der Waals surface area contributed by atoms with Gasteiger partial charge in [0.15, 0.2) is 0 Å². The van der Waals surface area contributed by atoms with Gasteiger partial charge < -0.3 is 31.1 Å². The Morgan fingerprint density at radius 1 is 0.836 bits per heavy atom. The van der Waals surface area contributed by atoms with Crippen LogP contribution in [0.1, 0.15) is 82.0 Å². The Labute approximate surface area is 323 Å². The molecule has 1 fully saturated rings. The summed E-state index contributed by atoms with van der Waals surface area (Å²) in [6, 6.07) is 20.5. The van der Waals surface area contributed by atoms with E-state index in [4.69, 9.17) is 0 Å². The van der Waals surface area contributed by atoms with Crippen molar-refractivity contribution in [1.82, 2.24) is 26.2 Å². The number of fused-ring (bicyclic) bond motifs is 1. The molecule has 1 aliphatic carbocycles. The van der Waals surface area contributed by atoms with Gasteiger partial charge in [-0.1, -0.05) is 75.4 Å². The van der Waals surface area contributed by atoms with Crippen LogP contribution in [0.15, 0.2) is 78.9 Å². The van der Waals surface area contributed by atoms with Crippen LogP contribution in [0.2, 0.25) is 0 Å². The third-order valence-corrected chi connectivity index (χ3v) is 10.4. The zero-order valence-electron chi connectivity index (χ0n) is 32.4. The second kappa shape index (κ2) is 18.9. The van der Waals surface area contributed by atoms with Crippen LogP contribution in [-0.4, -0.2) is 73.3 Å². The van der Waals surface area contributed by atoms with Crippen LogP contribution in [-0.2, 0) is 32.0 Å². The number of carbonyl (C=O) groups excluding carboxylic acids is 5. The molecule has 0 aromatic heterocycles. The molecular weight excluding hydrogens is 700 g/mol. The van der Waals surface area contributed by atoms with Crippen molar-refractivity contribution in [3.63, 3.8) is 0 Å². The van der Waals surface area contributed by atoms with Gasteiger partial charge in [0.05, 0.1) is 12.5 Å². The monoisotopic (exact) mass is 754 g/mol. The lowest BCUT2D eigenvalue weighted by atomic mass is 9.87. The molecule has 12 heteroatoms. The van der Waals surface area contributed by atoms with Crippen LogP contribution in [0, 0.1) is 17.2 Å². The molecule has 4 N–H and O–H groups in total. The molecule has 1 aliphatic heterocycles. The number of urea groups is 1. The van der Waals surface area contributed by atoms with E-state index >= 15 is 0 Å². The van der Waals surface area contributed by atoms with E-state index in [0.717, 1.165) is 30.4 Å². The lowest BCUT2D eigenvalue weighted by Crippen LogP contribution is -2.57. The highest BCUT2D eigenvalue weighted by Crippen LogP contribution is 2.30. The molecule has 55 heavy (non-hydrogen) atoms. The number of anilines is 1. The van der Waals surface area contributed by atoms with Gasteiger partial charge in [-0.2, -0.15) is 0 Å². The van der Waals surface area contributed by atoms with Crippen molar-refractivity contribution in [2.24, 2.45) is 11.3 Å². The predicted octanol–water partition coefficient (Wildman–Crippen LogP) is 5.44. The first-order chi connectivity index (χ1) is 26.3. The van der Waals surface area contributed by atoms with E-state index in [9.17, 15) is 28.4 Å². The number of hydrogen-bond donors (Lipinski definition) is 4. The van der Waals surface area contributed by atoms with Crippen molar-refractivity contribution in [2.75, 3.05) is 31.6 Å². The van der Waals surface area contributed by atoms with Crippen LogP contribution in [0.3, 0.4) is 0 Å². The van der Waals surface area contributed by atoms with Crippen molar-refractivity contribution in [3.8, 4) is 0 Å². The molecule has 2 aliphatic rings. The summed E-state index contributed by atoms with van der Waals surface area (Å²) in [5.41, 5.74) is 3.64. The average Bonchev–Trinajstić information content (AvgIpc) is 3.18. The number of halogens is 1. The Balaban J connectivity index is 1.27. The number of piperidine rings is 1. The van der Waals surface area contributed by atoms with Crippen molar-refractivity contribution in [1.29, 1.82) is 0 Å². The van der Waals surface area contributed by atoms with Gasteiger partial charge in [-0.3, -0.25) is 19.2 Å². The Morgan fingerprint density at radius 3 is 2.20 bits per heavy atom. The zero-order valence-corrected chi connectivity index (χ0v) is 32.4. The number of likely N-dealkylation sites (tertiary alicyclic amines) is 1. The molecule has 5 rings (SSSR count). The predicted molar refractivity (Wildman–Crippen MR) is 210 cm³/mol. The maximum atomic E-state index is 14.1. The highest BCUT2D eigenvalue weighted by Gasteiger charge is 2.34. The first-order valence-corrected chi connectivity index (χ1v) is 19.3. The van der Waals surface area contributed by atoms with Crippen LogP contribution in [0.25, 0.3) is 0 Å². The Morgan fingerprint density at radius 2 is 1.51 bits per heavy atom. The largest absolute Gasteiger partial charge is 0.355 e. The van der Waals surface area contributed by atoms with Crippen molar-refractivity contribution in [3.05, 3.63) is 101 Å². The number of amides is 6. The summed E-state index contributed by atoms with van der Waals surface area (Å²) in [5.74, 6) is -2.24. The van der Waals surface area contributed by atoms with E-state index in [0.29, 0.717) is 37.9 Å². The topological polar surface area (TPSA) is 140 Å². The summed E-state index contributed by atoms with van der Waals surface area (Å²) in [6.45, 7) is 6.82. The van der Waals surface area contributed by atoms with Gasteiger partial charge in [-0.15, -0.1) is 0 Å². The van der Waals surface area contributed by atoms with E-state index in [1.54, 1.807) is 19.2 Å². The highest BCUT2D eigenvalue weighted by atomic mass is 19.1. The van der Waals surface area contributed by atoms with E-state index in [-0.39, 0.29) is 54.5 Å². The number of hydrogen-bond acceptors (Lipinski definition) is 5. The summed E-state index contributed by atoms with van der Waals surface area (Å²) in [7, 11) is 1.64. The smallest absolute Gasteiger partial charge is 0.318 e. The molecule has 294 valence electrons.